The van der Waals surface area contributed by atoms with Gasteiger partial charge in [0.15, 0.2) is 5.82 Å². The van der Waals surface area contributed by atoms with Gasteiger partial charge in [0.25, 0.3) is 0 Å². The second-order valence-corrected chi connectivity index (χ2v) is 6.65. The molecule has 1 saturated heterocycles. The molecule has 0 N–H and O–H groups in total. The molecule has 3 heterocycles. The maximum Gasteiger partial charge on any atom is 0.326 e. The van der Waals surface area contributed by atoms with E-state index in [-0.39, 0.29) is 6.01 Å². The molecular formula is C21H22N6O2. The van der Waals surface area contributed by atoms with Crippen LogP contribution >= 0.6 is 0 Å². The van der Waals surface area contributed by atoms with Gasteiger partial charge in [-0.2, -0.15) is 15.1 Å². The summed E-state index contributed by atoms with van der Waals surface area (Å²) < 4.78 is 11.2. The number of hydrogen-bond acceptors (Lipinski definition) is 8. The molecule has 3 aromatic rings. The standard InChI is InChI=1S/C21H22N6O2/c1-16-4-2-5-17(12-16)14-23-26-19-13-20(27-8-10-28-11-9-27)25-21(24-19)29-18-6-3-7-22-15-18/h2-7,12-13,15H,8-11,14H2,1H3. The highest BCUT2D eigenvalue weighted by Crippen LogP contribution is 2.25. The largest absolute Gasteiger partial charge is 0.423 e. The molecule has 0 amide bonds. The van der Waals surface area contributed by atoms with Crippen molar-refractivity contribution in [3.63, 3.8) is 0 Å². The van der Waals surface area contributed by atoms with E-state index < -0.39 is 0 Å². The Morgan fingerprint density at radius 3 is 2.79 bits per heavy atom. The molecular weight excluding hydrogens is 368 g/mol. The van der Waals surface area contributed by atoms with Crippen molar-refractivity contribution in [1.82, 2.24) is 15.0 Å². The number of ether oxygens (including phenoxy) is 2. The van der Waals surface area contributed by atoms with E-state index in [0.29, 0.717) is 31.3 Å². The van der Waals surface area contributed by atoms with Crippen molar-refractivity contribution in [2.45, 2.75) is 13.5 Å². The van der Waals surface area contributed by atoms with Crippen LogP contribution in [0.5, 0.6) is 11.8 Å². The predicted molar refractivity (Wildman–Crippen MR) is 109 cm³/mol. The third-order valence-electron chi connectivity index (χ3n) is 4.37. The average Bonchev–Trinajstić information content (AvgIpc) is 2.75. The number of pyridine rings is 1. The highest BCUT2D eigenvalue weighted by atomic mass is 16.5. The second-order valence-electron chi connectivity index (χ2n) is 6.65. The molecule has 0 bridgehead atoms. The molecule has 29 heavy (non-hydrogen) atoms. The minimum absolute atomic E-state index is 0.214. The van der Waals surface area contributed by atoms with Crippen molar-refractivity contribution in [3.05, 3.63) is 66.0 Å². The van der Waals surface area contributed by atoms with Crippen LogP contribution in [0.1, 0.15) is 11.1 Å². The normalized spacial score (nSPS) is 14.3. The molecule has 0 unspecified atom stereocenters. The summed E-state index contributed by atoms with van der Waals surface area (Å²) in [5.74, 6) is 1.76. The van der Waals surface area contributed by atoms with E-state index in [1.165, 1.54) is 5.56 Å². The van der Waals surface area contributed by atoms with E-state index in [1.807, 2.05) is 18.2 Å². The Morgan fingerprint density at radius 2 is 2.00 bits per heavy atom. The molecule has 8 nitrogen and oxygen atoms in total. The van der Waals surface area contributed by atoms with E-state index in [2.05, 4.69) is 49.1 Å². The topological polar surface area (TPSA) is 85.1 Å². The number of hydrogen-bond donors (Lipinski definition) is 0. The quantitative estimate of drug-likeness (QED) is 0.589. The van der Waals surface area contributed by atoms with Gasteiger partial charge in [-0.1, -0.05) is 29.8 Å². The fourth-order valence-corrected chi connectivity index (χ4v) is 2.97. The number of azo groups is 1. The third-order valence-corrected chi connectivity index (χ3v) is 4.37. The minimum Gasteiger partial charge on any atom is -0.423 e. The van der Waals surface area contributed by atoms with E-state index >= 15 is 0 Å². The van der Waals surface area contributed by atoms with Gasteiger partial charge in [-0.3, -0.25) is 4.98 Å². The van der Waals surface area contributed by atoms with Crippen LogP contribution in [-0.4, -0.2) is 41.3 Å². The number of rotatable bonds is 6. The van der Waals surface area contributed by atoms with Gasteiger partial charge in [-0.25, -0.2) is 0 Å². The van der Waals surface area contributed by atoms with Gasteiger partial charge in [-0.15, -0.1) is 5.11 Å². The zero-order valence-corrected chi connectivity index (χ0v) is 16.2. The zero-order chi connectivity index (χ0) is 19.9. The first-order valence-electron chi connectivity index (χ1n) is 9.49. The number of aromatic nitrogens is 3. The fourth-order valence-electron chi connectivity index (χ4n) is 2.97. The lowest BCUT2D eigenvalue weighted by Crippen LogP contribution is -2.36. The molecule has 1 aliphatic rings. The summed E-state index contributed by atoms with van der Waals surface area (Å²) in [6.45, 7) is 5.37. The van der Waals surface area contributed by atoms with Crippen molar-refractivity contribution < 1.29 is 9.47 Å². The Bertz CT molecular complexity index is 974. The molecule has 1 fully saturated rings. The molecule has 0 saturated carbocycles. The monoisotopic (exact) mass is 390 g/mol. The maximum atomic E-state index is 5.79. The van der Waals surface area contributed by atoms with Gasteiger partial charge in [0.2, 0.25) is 0 Å². The van der Waals surface area contributed by atoms with Crippen LogP contribution in [-0.2, 0) is 11.3 Å². The molecule has 0 aliphatic carbocycles. The summed E-state index contributed by atoms with van der Waals surface area (Å²) in [4.78, 5) is 15.1. The summed E-state index contributed by atoms with van der Waals surface area (Å²) in [5.41, 5.74) is 2.30. The summed E-state index contributed by atoms with van der Waals surface area (Å²) in [7, 11) is 0. The van der Waals surface area contributed by atoms with Gasteiger partial charge < -0.3 is 14.4 Å². The van der Waals surface area contributed by atoms with Crippen LogP contribution in [0.4, 0.5) is 11.6 Å². The Kier molecular flexibility index (Phi) is 6.01. The number of aryl methyl sites for hydroxylation is 1. The van der Waals surface area contributed by atoms with Gasteiger partial charge in [0, 0.05) is 25.4 Å². The van der Waals surface area contributed by atoms with Gasteiger partial charge in [0.05, 0.1) is 26.0 Å². The molecule has 4 rings (SSSR count). The number of morpholine rings is 1. The first-order valence-corrected chi connectivity index (χ1v) is 9.49. The van der Waals surface area contributed by atoms with Crippen LogP contribution in [0.25, 0.3) is 0 Å². The van der Waals surface area contributed by atoms with Crippen molar-refractivity contribution >= 4 is 11.6 Å². The maximum absolute atomic E-state index is 5.79. The molecule has 148 valence electrons. The molecule has 1 aromatic carbocycles. The van der Waals surface area contributed by atoms with Crippen molar-refractivity contribution in [3.8, 4) is 11.8 Å². The first-order chi connectivity index (χ1) is 14.3. The highest BCUT2D eigenvalue weighted by Gasteiger charge is 2.16. The van der Waals surface area contributed by atoms with E-state index in [4.69, 9.17) is 9.47 Å². The number of benzene rings is 1. The zero-order valence-electron chi connectivity index (χ0n) is 16.2. The van der Waals surface area contributed by atoms with Crippen LogP contribution in [0, 0.1) is 6.92 Å². The second kappa shape index (κ2) is 9.20. The summed E-state index contributed by atoms with van der Waals surface area (Å²) in [6.07, 6.45) is 3.30. The minimum atomic E-state index is 0.214. The average molecular weight is 390 g/mol. The molecule has 0 radical (unpaired) electrons. The van der Waals surface area contributed by atoms with Gasteiger partial charge in [-0.05, 0) is 24.6 Å². The van der Waals surface area contributed by atoms with E-state index in [9.17, 15) is 0 Å². The highest BCUT2D eigenvalue weighted by molar-refractivity contribution is 5.48. The molecule has 2 aromatic heterocycles. The van der Waals surface area contributed by atoms with Crippen LogP contribution in [0.15, 0.2) is 65.1 Å². The fraction of sp³-hybridized carbons (Fsp3) is 0.286. The lowest BCUT2D eigenvalue weighted by molar-refractivity contribution is 0.122. The Hall–Kier alpha value is -3.39. The van der Waals surface area contributed by atoms with Crippen molar-refractivity contribution in [2.24, 2.45) is 10.2 Å². The lowest BCUT2D eigenvalue weighted by Gasteiger charge is -2.27. The lowest BCUT2D eigenvalue weighted by atomic mass is 10.1. The van der Waals surface area contributed by atoms with Gasteiger partial charge in [0.1, 0.15) is 11.6 Å². The van der Waals surface area contributed by atoms with Crippen molar-refractivity contribution in [2.75, 3.05) is 31.2 Å². The van der Waals surface area contributed by atoms with Crippen LogP contribution in [0.2, 0.25) is 0 Å². The van der Waals surface area contributed by atoms with Crippen LogP contribution in [0.3, 0.4) is 0 Å². The molecule has 0 atom stereocenters. The van der Waals surface area contributed by atoms with Crippen molar-refractivity contribution in [1.29, 1.82) is 0 Å². The molecule has 1 aliphatic heterocycles. The Labute approximate surface area is 169 Å². The SMILES string of the molecule is Cc1cccc(CN=Nc2cc(N3CCOCC3)nc(Oc3cccnc3)n2)c1. The van der Waals surface area contributed by atoms with Crippen LogP contribution < -0.4 is 9.64 Å². The molecule has 8 heteroatoms. The Morgan fingerprint density at radius 1 is 1.10 bits per heavy atom. The van der Waals surface area contributed by atoms with E-state index in [0.717, 1.165) is 24.5 Å². The Balaban J connectivity index is 1.57. The first kappa shape index (κ1) is 18.9. The summed E-state index contributed by atoms with van der Waals surface area (Å²) >= 11 is 0. The number of nitrogens with zero attached hydrogens (tertiary/aromatic N) is 6. The van der Waals surface area contributed by atoms with Gasteiger partial charge >= 0.3 is 6.01 Å². The predicted octanol–water partition coefficient (Wildman–Crippen LogP) is 4.09. The summed E-state index contributed by atoms with van der Waals surface area (Å²) in [5, 5.41) is 8.62. The van der Waals surface area contributed by atoms with E-state index in [1.54, 1.807) is 24.5 Å². The smallest absolute Gasteiger partial charge is 0.326 e. The third kappa shape index (κ3) is 5.32. The summed E-state index contributed by atoms with van der Waals surface area (Å²) in [6, 6.07) is 13.8. The molecule has 0 spiro atoms. The number of anilines is 1.